The molecule has 0 radical (unpaired) electrons. The Morgan fingerprint density at radius 3 is 1.50 bits per heavy atom. The first-order valence-corrected chi connectivity index (χ1v) is 24.8. The van der Waals surface area contributed by atoms with Crippen molar-refractivity contribution in [3.05, 3.63) is 24.3 Å². The van der Waals surface area contributed by atoms with Crippen molar-refractivity contribution in [1.29, 1.82) is 0 Å². The van der Waals surface area contributed by atoms with E-state index in [1.807, 2.05) is 0 Å². The van der Waals surface area contributed by atoms with Gasteiger partial charge in [0.2, 0.25) is 0 Å². The molecule has 0 amide bonds. The number of unbranched alkanes of at least 4 members (excludes halogenated alkanes) is 27. The summed E-state index contributed by atoms with van der Waals surface area (Å²) in [6.07, 6.45) is 45.7. The smallest absolute Gasteiger partial charge is 0.457 e. The Labute approximate surface area is 344 Å². The van der Waals surface area contributed by atoms with E-state index in [0.717, 1.165) is 57.8 Å². The molecule has 0 aromatic heterocycles. The van der Waals surface area contributed by atoms with Crippen molar-refractivity contribution in [2.75, 3.05) is 33.0 Å². The minimum Gasteiger partial charge on any atom is -0.457 e. The van der Waals surface area contributed by atoms with Crippen LogP contribution in [0.1, 0.15) is 219 Å². The molecule has 10 heteroatoms. The summed E-state index contributed by atoms with van der Waals surface area (Å²) in [5.74, 6) is -0.382. The van der Waals surface area contributed by atoms with Crippen LogP contribution in [-0.2, 0) is 27.9 Å². The number of carbonyl (C=O) groups excluding carboxylic acids is 1. The maximum Gasteiger partial charge on any atom is 0.472 e. The Balaban J connectivity index is 4.07. The van der Waals surface area contributed by atoms with Crippen molar-refractivity contribution in [2.45, 2.75) is 232 Å². The summed E-state index contributed by atoms with van der Waals surface area (Å²) < 4.78 is 33.4. The van der Waals surface area contributed by atoms with E-state index < -0.39 is 33.2 Å². The second kappa shape index (κ2) is 43.5. The molecule has 9 nitrogen and oxygen atoms in total. The Morgan fingerprint density at radius 2 is 1.00 bits per heavy atom. The van der Waals surface area contributed by atoms with Crippen LogP contribution in [0, 0.1) is 0 Å². The van der Waals surface area contributed by atoms with Gasteiger partial charge in [0.05, 0.1) is 26.4 Å². The molecule has 3 N–H and O–H groups in total. The monoisotopic (exact) mass is 817 g/mol. The Hall–Kier alpha value is -1.06. The van der Waals surface area contributed by atoms with Crippen LogP contribution in [0.4, 0.5) is 0 Å². The number of aliphatic hydroxyl groups is 2. The fraction of sp³-hybridized carbons (Fsp3) is 0.891. The number of hydrogen-bond acceptors (Lipinski definition) is 8. The Bertz CT molecular complexity index is 928. The summed E-state index contributed by atoms with van der Waals surface area (Å²) in [7, 11) is -4.52. The molecule has 3 atom stereocenters. The van der Waals surface area contributed by atoms with E-state index in [1.54, 1.807) is 0 Å². The predicted molar refractivity (Wildman–Crippen MR) is 233 cm³/mol. The highest BCUT2D eigenvalue weighted by Crippen LogP contribution is 2.43. The van der Waals surface area contributed by atoms with Crippen molar-refractivity contribution in [3.63, 3.8) is 0 Å². The molecule has 332 valence electrons. The highest BCUT2D eigenvalue weighted by Gasteiger charge is 2.26. The summed E-state index contributed by atoms with van der Waals surface area (Å²) >= 11 is 0. The van der Waals surface area contributed by atoms with Crippen molar-refractivity contribution < 1.29 is 43.0 Å². The van der Waals surface area contributed by atoms with Gasteiger partial charge in [0, 0.05) is 13.0 Å². The summed E-state index contributed by atoms with van der Waals surface area (Å²) in [5.41, 5.74) is 0. The molecule has 0 aliphatic heterocycles. The van der Waals surface area contributed by atoms with E-state index in [9.17, 15) is 19.4 Å². The van der Waals surface area contributed by atoms with Gasteiger partial charge in [0.15, 0.2) is 0 Å². The number of esters is 1. The number of hydrogen-bond donors (Lipinski definition) is 3. The molecule has 56 heavy (non-hydrogen) atoms. The average Bonchev–Trinajstić information content (AvgIpc) is 3.19. The van der Waals surface area contributed by atoms with Crippen LogP contribution in [0.5, 0.6) is 0 Å². The molecule has 0 saturated carbocycles. The molecular formula is C46H89O9P. The van der Waals surface area contributed by atoms with Crippen LogP contribution >= 0.6 is 7.82 Å². The largest absolute Gasteiger partial charge is 0.472 e. The van der Waals surface area contributed by atoms with Gasteiger partial charge in [0.1, 0.15) is 12.2 Å². The molecule has 3 unspecified atom stereocenters. The average molecular weight is 817 g/mol. The van der Waals surface area contributed by atoms with Crippen molar-refractivity contribution >= 4 is 13.8 Å². The zero-order valence-electron chi connectivity index (χ0n) is 36.4. The van der Waals surface area contributed by atoms with Crippen LogP contribution in [-0.4, -0.2) is 66.3 Å². The fourth-order valence-corrected chi connectivity index (χ4v) is 7.36. The molecule has 0 heterocycles. The number of aliphatic hydroxyl groups excluding tert-OH is 2. The second-order valence-electron chi connectivity index (χ2n) is 15.8. The third-order valence-electron chi connectivity index (χ3n) is 10.1. The molecule has 0 fully saturated rings. The van der Waals surface area contributed by atoms with Gasteiger partial charge >= 0.3 is 13.8 Å². The first-order valence-electron chi connectivity index (χ1n) is 23.3. The number of carbonyl (C=O) groups is 1. The third-order valence-corrected chi connectivity index (χ3v) is 11.1. The van der Waals surface area contributed by atoms with Crippen LogP contribution in [0.15, 0.2) is 24.3 Å². The molecule has 0 aliphatic carbocycles. The van der Waals surface area contributed by atoms with Crippen molar-refractivity contribution in [1.82, 2.24) is 0 Å². The van der Waals surface area contributed by atoms with E-state index in [4.69, 9.17) is 23.6 Å². The van der Waals surface area contributed by atoms with E-state index in [0.29, 0.717) is 6.61 Å². The van der Waals surface area contributed by atoms with Crippen LogP contribution in [0.3, 0.4) is 0 Å². The van der Waals surface area contributed by atoms with E-state index in [-0.39, 0.29) is 25.6 Å². The number of allylic oxidation sites excluding steroid dienone is 4. The van der Waals surface area contributed by atoms with E-state index >= 15 is 0 Å². The molecule has 0 aromatic rings. The molecule has 0 rings (SSSR count). The number of phosphoric ester groups is 1. The molecule has 0 aliphatic rings. The van der Waals surface area contributed by atoms with Crippen LogP contribution in [0.2, 0.25) is 0 Å². The van der Waals surface area contributed by atoms with Gasteiger partial charge in [-0.2, -0.15) is 0 Å². The second-order valence-corrected chi connectivity index (χ2v) is 17.2. The van der Waals surface area contributed by atoms with Gasteiger partial charge in [-0.3, -0.25) is 13.8 Å². The first kappa shape index (κ1) is 54.9. The lowest BCUT2D eigenvalue weighted by Crippen LogP contribution is -2.29. The minimum atomic E-state index is -4.52. The van der Waals surface area contributed by atoms with Crippen LogP contribution in [0.25, 0.3) is 0 Å². The third kappa shape index (κ3) is 42.5. The normalized spacial score (nSPS) is 14.2. The zero-order valence-corrected chi connectivity index (χ0v) is 37.3. The predicted octanol–water partition coefficient (Wildman–Crippen LogP) is 13.0. The lowest BCUT2D eigenvalue weighted by molar-refractivity contribution is -0.154. The highest BCUT2D eigenvalue weighted by molar-refractivity contribution is 7.47. The zero-order chi connectivity index (χ0) is 41.1. The Kier molecular flexibility index (Phi) is 42.7. The summed E-state index contributed by atoms with van der Waals surface area (Å²) in [6.45, 7) is 3.47. The lowest BCUT2D eigenvalue weighted by Gasteiger charge is -2.20. The van der Waals surface area contributed by atoms with E-state index in [1.165, 1.54) is 141 Å². The number of ether oxygens (including phenoxy) is 2. The number of rotatable bonds is 45. The quantitative estimate of drug-likeness (QED) is 0.0238. The minimum absolute atomic E-state index is 0.0459. The van der Waals surface area contributed by atoms with Crippen LogP contribution < -0.4 is 0 Å². The topological polar surface area (TPSA) is 132 Å². The first-order chi connectivity index (χ1) is 27.3. The number of phosphoric acid groups is 1. The van der Waals surface area contributed by atoms with Crippen molar-refractivity contribution in [3.8, 4) is 0 Å². The van der Waals surface area contributed by atoms with Crippen molar-refractivity contribution in [2.24, 2.45) is 0 Å². The van der Waals surface area contributed by atoms with E-state index in [2.05, 4.69) is 38.2 Å². The van der Waals surface area contributed by atoms with Gasteiger partial charge in [-0.05, 0) is 38.5 Å². The highest BCUT2D eigenvalue weighted by atomic mass is 31.2. The fourth-order valence-electron chi connectivity index (χ4n) is 6.57. The van der Waals surface area contributed by atoms with Gasteiger partial charge in [0.25, 0.3) is 0 Å². The Morgan fingerprint density at radius 1 is 0.554 bits per heavy atom. The maximum atomic E-state index is 12.6. The standard InChI is InChI=1S/C46H89O9P/c1-3-5-7-9-11-13-15-17-19-20-21-22-23-24-25-26-28-30-32-34-36-38-46(49)55-45(43-54-56(50,51)53-41-44(48)40-47)42-52-39-37-35-33-31-29-27-18-16-14-12-10-8-6-4-2/h8,10,14,16,44-45,47-48H,3-7,9,11-13,15,17-43H2,1-2H3,(H,50,51)/b10-8-,16-14-. The van der Waals surface area contributed by atoms with Gasteiger partial charge in [-0.1, -0.05) is 199 Å². The SMILES string of the molecule is CCC/C=C\C/C=C\CCCCCCCCOCC(COP(=O)(O)OCC(O)CO)OC(=O)CCCCCCCCCCCCCCCCCCCCCCC. The van der Waals surface area contributed by atoms with Gasteiger partial charge in [-0.15, -0.1) is 0 Å². The van der Waals surface area contributed by atoms with Gasteiger partial charge in [-0.25, -0.2) is 4.57 Å². The molecule has 0 saturated heterocycles. The maximum absolute atomic E-state index is 12.6. The molecule has 0 spiro atoms. The summed E-state index contributed by atoms with van der Waals surface area (Å²) in [6, 6.07) is 0. The molecule has 0 aromatic carbocycles. The summed E-state index contributed by atoms with van der Waals surface area (Å²) in [5, 5.41) is 18.4. The summed E-state index contributed by atoms with van der Waals surface area (Å²) in [4.78, 5) is 22.6. The molecular weight excluding hydrogens is 727 g/mol. The molecule has 0 bridgehead atoms. The lowest BCUT2D eigenvalue weighted by atomic mass is 10.0. The van der Waals surface area contributed by atoms with Gasteiger partial charge < -0.3 is 24.6 Å².